The maximum absolute atomic E-state index is 6.56. The van der Waals surface area contributed by atoms with Gasteiger partial charge >= 0.3 is 0 Å². The molecule has 7 heteroatoms. The van der Waals surface area contributed by atoms with Gasteiger partial charge in [-0.25, -0.2) is 0 Å². The first-order valence-corrected chi connectivity index (χ1v) is 9.12. The van der Waals surface area contributed by atoms with E-state index in [-0.39, 0.29) is 12.6 Å². The Morgan fingerprint density at radius 2 is 1.96 bits per heavy atom. The summed E-state index contributed by atoms with van der Waals surface area (Å²) in [6, 6.07) is 12.5. The topological polar surface area (TPSA) is 43.3 Å². The molecule has 2 atom stereocenters. The van der Waals surface area contributed by atoms with Crippen LogP contribution in [0.5, 0.6) is 11.5 Å². The summed E-state index contributed by atoms with van der Waals surface area (Å²) >= 11 is 12.5. The van der Waals surface area contributed by atoms with Gasteiger partial charge in [0, 0.05) is 23.5 Å². The zero-order valence-corrected chi connectivity index (χ0v) is 16.4. The Kier molecular flexibility index (Phi) is 6.07. The van der Waals surface area contributed by atoms with E-state index in [2.05, 4.69) is 18.4 Å². The average molecular weight is 407 g/mol. The number of hydrogen-bond acceptors (Lipinski definition) is 5. The Morgan fingerprint density at radius 3 is 2.52 bits per heavy atom. The van der Waals surface area contributed by atoms with E-state index >= 15 is 0 Å². The maximum atomic E-state index is 6.56. The monoisotopic (exact) mass is 406 g/mol. The zero-order chi connectivity index (χ0) is 19.4. The van der Waals surface area contributed by atoms with Gasteiger partial charge in [0.05, 0.1) is 24.3 Å². The zero-order valence-electron chi connectivity index (χ0n) is 14.9. The van der Waals surface area contributed by atoms with Crippen LogP contribution in [0, 0.1) is 0 Å². The number of hydrazone groups is 1. The van der Waals surface area contributed by atoms with Gasteiger partial charge in [-0.15, -0.1) is 0 Å². The third-order valence-corrected chi connectivity index (χ3v) is 4.67. The molecule has 0 spiro atoms. The lowest BCUT2D eigenvalue weighted by Gasteiger charge is -2.32. The molecule has 27 heavy (non-hydrogen) atoms. The first-order valence-electron chi connectivity index (χ1n) is 8.37. The smallest absolute Gasteiger partial charge is 0.217 e. The van der Waals surface area contributed by atoms with Crippen LogP contribution in [-0.4, -0.2) is 31.0 Å². The van der Waals surface area contributed by atoms with Crippen LogP contribution in [0.2, 0.25) is 10.0 Å². The van der Waals surface area contributed by atoms with Gasteiger partial charge in [0.15, 0.2) is 0 Å². The number of ether oxygens (including phenoxy) is 3. The molecule has 2 aromatic carbocycles. The van der Waals surface area contributed by atoms with Crippen LogP contribution in [0.15, 0.2) is 60.3 Å². The molecule has 3 rings (SSSR count). The highest BCUT2D eigenvalue weighted by Crippen LogP contribution is 2.40. The minimum atomic E-state index is -1.06. The van der Waals surface area contributed by atoms with E-state index in [4.69, 9.17) is 37.4 Å². The molecule has 0 radical (unpaired) electrons. The van der Waals surface area contributed by atoms with Crippen molar-refractivity contribution in [3.63, 3.8) is 0 Å². The predicted octanol–water partition coefficient (Wildman–Crippen LogP) is 5.43. The number of nitrogens with zero attached hydrogens (tertiary/aromatic N) is 2. The van der Waals surface area contributed by atoms with Gasteiger partial charge in [-0.05, 0) is 49.4 Å². The van der Waals surface area contributed by atoms with Gasteiger partial charge in [-0.3, -0.25) is 5.01 Å². The molecule has 142 valence electrons. The highest BCUT2D eigenvalue weighted by molar-refractivity contribution is 6.31. The Labute approximate surface area is 168 Å². The van der Waals surface area contributed by atoms with Crippen LogP contribution in [0.25, 0.3) is 0 Å². The molecule has 0 bridgehead atoms. The lowest BCUT2D eigenvalue weighted by atomic mass is 10.0. The van der Waals surface area contributed by atoms with Crippen molar-refractivity contribution in [2.75, 3.05) is 13.2 Å². The quantitative estimate of drug-likeness (QED) is 0.453. The minimum Gasteiger partial charge on any atom is -0.457 e. The lowest BCUT2D eigenvalue weighted by molar-refractivity contribution is -0.183. The van der Waals surface area contributed by atoms with E-state index in [9.17, 15) is 0 Å². The Bertz CT molecular complexity index is 820. The Morgan fingerprint density at radius 1 is 1.26 bits per heavy atom. The first kappa shape index (κ1) is 19.7. The van der Waals surface area contributed by atoms with E-state index < -0.39 is 5.79 Å². The molecule has 0 N–H and O–H groups in total. The fourth-order valence-electron chi connectivity index (χ4n) is 2.85. The van der Waals surface area contributed by atoms with Crippen molar-refractivity contribution >= 4 is 29.9 Å². The first-order chi connectivity index (χ1) is 13.0. The van der Waals surface area contributed by atoms with Gasteiger partial charge < -0.3 is 14.2 Å². The second-order valence-corrected chi connectivity index (χ2v) is 6.96. The van der Waals surface area contributed by atoms with Crippen LogP contribution in [0.3, 0.4) is 0 Å². The number of halogens is 2. The van der Waals surface area contributed by atoms with E-state index in [0.717, 1.165) is 0 Å². The summed E-state index contributed by atoms with van der Waals surface area (Å²) in [5, 5.41) is 6.56. The molecule has 2 aromatic rings. The number of hydrogen-bond donors (Lipinski definition) is 0. The summed E-state index contributed by atoms with van der Waals surface area (Å²) in [5.41, 5.74) is 0.687. The van der Waals surface area contributed by atoms with Crippen molar-refractivity contribution in [2.45, 2.75) is 18.8 Å². The molecule has 1 aliphatic rings. The van der Waals surface area contributed by atoms with Gasteiger partial charge in [-0.1, -0.05) is 29.8 Å². The van der Waals surface area contributed by atoms with Crippen molar-refractivity contribution < 1.29 is 14.2 Å². The molecule has 1 fully saturated rings. The molecular weight excluding hydrogens is 387 g/mol. The largest absolute Gasteiger partial charge is 0.457 e. The third kappa shape index (κ3) is 4.45. The number of benzene rings is 2. The SMILES string of the molecule is C=CN(CC1(c2ccc(Oc3ccc(Cl)cc3)cc2Cl)OCC(C)O1)N=C. The van der Waals surface area contributed by atoms with E-state index in [1.54, 1.807) is 41.5 Å². The van der Waals surface area contributed by atoms with Crippen LogP contribution in [-0.2, 0) is 15.3 Å². The van der Waals surface area contributed by atoms with E-state index in [1.807, 2.05) is 19.1 Å². The van der Waals surface area contributed by atoms with E-state index in [0.29, 0.717) is 33.7 Å². The van der Waals surface area contributed by atoms with Gasteiger partial charge in [-0.2, -0.15) is 5.10 Å². The summed E-state index contributed by atoms with van der Waals surface area (Å²) in [4.78, 5) is 0. The second-order valence-electron chi connectivity index (χ2n) is 6.11. The van der Waals surface area contributed by atoms with Crippen LogP contribution in [0.4, 0.5) is 0 Å². The highest BCUT2D eigenvalue weighted by atomic mass is 35.5. The molecule has 1 aliphatic heterocycles. The highest BCUT2D eigenvalue weighted by Gasteiger charge is 2.44. The lowest BCUT2D eigenvalue weighted by Crippen LogP contribution is -2.38. The molecule has 5 nitrogen and oxygen atoms in total. The molecule has 1 saturated heterocycles. The Balaban J connectivity index is 1.88. The van der Waals surface area contributed by atoms with Crippen LogP contribution in [0.1, 0.15) is 12.5 Å². The van der Waals surface area contributed by atoms with Crippen molar-refractivity contribution in [1.82, 2.24) is 5.01 Å². The number of rotatable bonds is 7. The fourth-order valence-corrected chi connectivity index (χ4v) is 3.29. The molecule has 0 aliphatic carbocycles. The van der Waals surface area contributed by atoms with Gasteiger partial charge in [0.25, 0.3) is 0 Å². The molecule has 2 unspecified atom stereocenters. The fraction of sp³-hybridized carbons (Fsp3) is 0.250. The molecular formula is C20H20Cl2N2O3. The predicted molar refractivity (Wildman–Crippen MR) is 108 cm³/mol. The minimum absolute atomic E-state index is 0.0810. The van der Waals surface area contributed by atoms with Crippen molar-refractivity contribution in [3.8, 4) is 11.5 Å². The van der Waals surface area contributed by atoms with E-state index in [1.165, 1.54) is 0 Å². The van der Waals surface area contributed by atoms with Gasteiger partial charge in [0.1, 0.15) is 11.5 Å². The summed E-state index contributed by atoms with van der Waals surface area (Å²) in [6.07, 6.45) is 1.47. The summed E-state index contributed by atoms with van der Waals surface area (Å²) in [6.45, 7) is 9.93. The standard InChI is InChI=1S/C20H20Cl2N2O3/c1-4-24(23-3)13-20(25-12-14(2)27-20)18-10-9-17(11-19(18)22)26-16-7-5-15(21)6-8-16/h4-11,14H,1,3,12-13H2,2H3. The summed E-state index contributed by atoms with van der Waals surface area (Å²) in [5.74, 6) is 0.188. The van der Waals surface area contributed by atoms with Crippen molar-refractivity contribution in [3.05, 3.63) is 70.9 Å². The maximum Gasteiger partial charge on any atom is 0.217 e. The summed E-state index contributed by atoms with van der Waals surface area (Å²) < 4.78 is 17.9. The van der Waals surface area contributed by atoms with Crippen LogP contribution >= 0.6 is 23.2 Å². The molecule has 0 saturated carbocycles. The average Bonchev–Trinajstić information content (AvgIpc) is 3.03. The normalized spacial score (nSPS) is 21.7. The van der Waals surface area contributed by atoms with Crippen molar-refractivity contribution in [2.24, 2.45) is 5.10 Å². The summed E-state index contributed by atoms with van der Waals surface area (Å²) in [7, 11) is 0. The molecule has 0 aromatic heterocycles. The Hall–Kier alpha value is -2.05. The second kappa shape index (κ2) is 8.31. The molecule has 0 amide bonds. The van der Waals surface area contributed by atoms with Gasteiger partial charge in [0.2, 0.25) is 5.79 Å². The van der Waals surface area contributed by atoms with Crippen molar-refractivity contribution in [1.29, 1.82) is 0 Å². The van der Waals surface area contributed by atoms with Crippen LogP contribution < -0.4 is 4.74 Å². The third-order valence-electron chi connectivity index (χ3n) is 4.11. The molecule has 1 heterocycles.